The monoisotopic (exact) mass is 254 g/mol. The molecule has 16 heavy (non-hydrogen) atoms. The molecule has 0 unspecified atom stereocenters. The van der Waals surface area contributed by atoms with Crippen LogP contribution >= 0.6 is 23.6 Å². The van der Waals surface area contributed by atoms with Gasteiger partial charge >= 0.3 is 0 Å². The predicted molar refractivity (Wildman–Crippen MR) is 72.4 cm³/mol. The van der Waals surface area contributed by atoms with Crippen molar-refractivity contribution in [3.63, 3.8) is 0 Å². The Morgan fingerprint density at radius 2 is 2.31 bits per heavy atom. The third-order valence-corrected chi connectivity index (χ3v) is 2.66. The number of thiophene rings is 1. The highest BCUT2D eigenvalue weighted by molar-refractivity contribution is 7.80. The van der Waals surface area contributed by atoms with E-state index in [4.69, 9.17) is 12.2 Å². The van der Waals surface area contributed by atoms with Crippen molar-refractivity contribution in [2.45, 2.75) is 19.9 Å². The third kappa shape index (κ3) is 5.04. The zero-order valence-corrected chi connectivity index (χ0v) is 10.8. The molecule has 0 radical (unpaired) electrons. The summed E-state index contributed by atoms with van der Waals surface area (Å²) in [6.07, 6.45) is 3.23. The molecule has 0 atom stereocenters. The van der Waals surface area contributed by atoms with Gasteiger partial charge in [0.2, 0.25) is 5.91 Å². The second-order valence-corrected chi connectivity index (χ2v) is 4.85. The number of amides is 1. The Kier molecular flexibility index (Phi) is 5.14. The Hall–Kier alpha value is -1.20. The van der Waals surface area contributed by atoms with Crippen molar-refractivity contribution < 1.29 is 4.79 Å². The zero-order chi connectivity index (χ0) is 12.0. The van der Waals surface area contributed by atoms with Crippen LogP contribution in [0.2, 0.25) is 0 Å². The van der Waals surface area contributed by atoms with Crippen LogP contribution in [0.1, 0.15) is 18.7 Å². The fourth-order valence-corrected chi connectivity index (χ4v) is 1.95. The lowest BCUT2D eigenvalue weighted by Gasteiger charge is -2.10. The standard InChI is InChI=1S/C11H14N2OS2/c1-8(2)12-11(15)13-10(14)6-5-9-4-3-7-16-9/h3-8H,1-2H3,(H2,12,13,14,15). The van der Waals surface area contributed by atoms with Gasteiger partial charge in [-0.05, 0) is 43.6 Å². The van der Waals surface area contributed by atoms with E-state index in [-0.39, 0.29) is 11.9 Å². The van der Waals surface area contributed by atoms with Crippen LogP contribution in [0.5, 0.6) is 0 Å². The molecule has 1 aromatic heterocycles. The summed E-state index contributed by atoms with van der Waals surface area (Å²) in [6, 6.07) is 4.10. The fourth-order valence-electron chi connectivity index (χ4n) is 0.996. The number of nitrogens with one attached hydrogen (secondary N) is 2. The van der Waals surface area contributed by atoms with Gasteiger partial charge in [-0.25, -0.2) is 0 Å². The average Bonchev–Trinajstić information content (AvgIpc) is 2.65. The van der Waals surface area contributed by atoms with Gasteiger partial charge in [-0.15, -0.1) is 11.3 Å². The number of rotatable bonds is 3. The van der Waals surface area contributed by atoms with E-state index < -0.39 is 0 Å². The molecule has 1 amide bonds. The minimum absolute atomic E-state index is 0.216. The molecule has 0 aliphatic heterocycles. The summed E-state index contributed by atoms with van der Waals surface area (Å²) >= 11 is 6.53. The zero-order valence-electron chi connectivity index (χ0n) is 9.19. The topological polar surface area (TPSA) is 41.1 Å². The Bertz CT molecular complexity index is 383. The second-order valence-electron chi connectivity index (χ2n) is 3.47. The quantitative estimate of drug-likeness (QED) is 0.641. The average molecular weight is 254 g/mol. The van der Waals surface area contributed by atoms with Crippen molar-refractivity contribution in [3.05, 3.63) is 28.5 Å². The number of hydrogen-bond donors (Lipinski definition) is 2. The molecule has 5 heteroatoms. The molecular weight excluding hydrogens is 240 g/mol. The minimum atomic E-state index is -0.216. The van der Waals surface area contributed by atoms with Crippen LogP contribution in [0.4, 0.5) is 0 Å². The molecule has 0 spiro atoms. The SMILES string of the molecule is CC(C)NC(=S)NC(=O)C=Cc1cccs1. The van der Waals surface area contributed by atoms with E-state index in [0.29, 0.717) is 5.11 Å². The summed E-state index contributed by atoms with van der Waals surface area (Å²) in [7, 11) is 0. The van der Waals surface area contributed by atoms with Crippen LogP contribution in [0.3, 0.4) is 0 Å². The molecule has 3 nitrogen and oxygen atoms in total. The highest BCUT2D eigenvalue weighted by Crippen LogP contribution is 2.09. The summed E-state index contributed by atoms with van der Waals surface area (Å²) in [5.74, 6) is -0.216. The van der Waals surface area contributed by atoms with Crippen LogP contribution < -0.4 is 10.6 Å². The van der Waals surface area contributed by atoms with Gasteiger partial charge in [-0.3, -0.25) is 10.1 Å². The highest BCUT2D eigenvalue weighted by atomic mass is 32.1. The smallest absolute Gasteiger partial charge is 0.250 e. The van der Waals surface area contributed by atoms with E-state index in [9.17, 15) is 4.79 Å². The van der Waals surface area contributed by atoms with E-state index in [1.54, 1.807) is 17.4 Å². The van der Waals surface area contributed by atoms with Crippen LogP contribution in [-0.4, -0.2) is 17.1 Å². The van der Waals surface area contributed by atoms with E-state index >= 15 is 0 Å². The normalized spacial score (nSPS) is 10.7. The molecule has 0 aliphatic rings. The van der Waals surface area contributed by atoms with Crippen LogP contribution in [-0.2, 0) is 4.79 Å². The first-order valence-corrected chi connectivity index (χ1v) is 6.20. The molecule has 0 aliphatic carbocycles. The van der Waals surface area contributed by atoms with Crippen molar-refractivity contribution in [1.82, 2.24) is 10.6 Å². The van der Waals surface area contributed by atoms with E-state index in [0.717, 1.165) is 4.88 Å². The molecule has 86 valence electrons. The molecule has 1 aromatic rings. The largest absolute Gasteiger partial charge is 0.360 e. The molecule has 1 heterocycles. The van der Waals surface area contributed by atoms with Gasteiger partial charge in [0, 0.05) is 17.0 Å². The Balaban J connectivity index is 2.39. The van der Waals surface area contributed by atoms with Crippen molar-refractivity contribution >= 4 is 40.7 Å². The summed E-state index contributed by atoms with van der Waals surface area (Å²) < 4.78 is 0. The number of hydrogen-bond acceptors (Lipinski definition) is 3. The van der Waals surface area contributed by atoms with Crippen LogP contribution in [0, 0.1) is 0 Å². The van der Waals surface area contributed by atoms with Crippen molar-refractivity contribution in [2.75, 3.05) is 0 Å². The third-order valence-electron chi connectivity index (χ3n) is 1.60. The molecule has 0 bridgehead atoms. The first-order valence-electron chi connectivity index (χ1n) is 4.91. The predicted octanol–water partition coefficient (Wildman–Crippen LogP) is 2.16. The van der Waals surface area contributed by atoms with Crippen LogP contribution in [0.15, 0.2) is 23.6 Å². The van der Waals surface area contributed by atoms with Gasteiger partial charge in [0.1, 0.15) is 0 Å². The Labute approximate surface area is 105 Å². The Morgan fingerprint density at radius 1 is 1.56 bits per heavy atom. The minimum Gasteiger partial charge on any atom is -0.360 e. The lowest BCUT2D eigenvalue weighted by molar-refractivity contribution is -0.115. The molecule has 1 rings (SSSR count). The summed E-state index contributed by atoms with van der Waals surface area (Å²) in [5, 5.41) is 7.83. The van der Waals surface area contributed by atoms with Crippen molar-refractivity contribution in [1.29, 1.82) is 0 Å². The fraction of sp³-hybridized carbons (Fsp3) is 0.273. The van der Waals surface area contributed by atoms with E-state index in [1.165, 1.54) is 6.08 Å². The molecule has 2 N–H and O–H groups in total. The van der Waals surface area contributed by atoms with Gasteiger partial charge in [0.25, 0.3) is 0 Å². The number of carbonyl (C=O) groups is 1. The van der Waals surface area contributed by atoms with Gasteiger partial charge in [0.05, 0.1) is 0 Å². The molecule has 0 saturated carbocycles. The van der Waals surface area contributed by atoms with Crippen LogP contribution in [0.25, 0.3) is 6.08 Å². The van der Waals surface area contributed by atoms with Gasteiger partial charge in [-0.1, -0.05) is 6.07 Å². The Morgan fingerprint density at radius 3 is 2.88 bits per heavy atom. The van der Waals surface area contributed by atoms with Gasteiger partial charge in [-0.2, -0.15) is 0 Å². The maximum Gasteiger partial charge on any atom is 0.250 e. The number of thiocarbonyl (C=S) groups is 1. The lowest BCUT2D eigenvalue weighted by atomic mass is 10.4. The van der Waals surface area contributed by atoms with Gasteiger partial charge in [0.15, 0.2) is 5.11 Å². The highest BCUT2D eigenvalue weighted by Gasteiger charge is 2.01. The summed E-state index contributed by atoms with van der Waals surface area (Å²) in [4.78, 5) is 12.4. The van der Waals surface area contributed by atoms with E-state index in [1.807, 2.05) is 31.4 Å². The molecule has 0 saturated heterocycles. The van der Waals surface area contributed by atoms with Crippen molar-refractivity contribution in [3.8, 4) is 0 Å². The maximum atomic E-state index is 11.4. The summed E-state index contributed by atoms with van der Waals surface area (Å²) in [6.45, 7) is 3.92. The molecular formula is C11H14N2OS2. The first-order chi connectivity index (χ1) is 7.58. The molecule has 0 fully saturated rings. The lowest BCUT2D eigenvalue weighted by Crippen LogP contribution is -2.41. The van der Waals surface area contributed by atoms with Crippen molar-refractivity contribution in [2.24, 2.45) is 0 Å². The molecule has 0 aromatic carbocycles. The summed E-state index contributed by atoms with van der Waals surface area (Å²) in [5.41, 5.74) is 0. The maximum absolute atomic E-state index is 11.4. The number of carbonyl (C=O) groups excluding carboxylic acids is 1. The second kappa shape index (κ2) is 6.40. The first kappa shape index (κ1) is 12.9. The van der Waals surface area contributed by atoms with E-state index in [2.05, 4.69) is 10.6 Å². The van der Waals surface area contributed by atoms with Gasteiger partial charge < -0.3 is 5.32 Å².